The van der Waals surface area contributed by atoms with Gasteiger partial charge in [0, 0.05) is 0 Å². The summed E-state index contributed by atoms with van der Waals surface area (Å²) in [6.45, 7) is 1.82. The molecular formula is C9H7F3IN3S. The van der Waals surface area contributed by atoms with E-state index < -0.39 is 11.6 Å². The number of aromatic nitrogens is 3. The molecular weight excluding hydrogens is 366 g/mol. The van der Waals surface area contributed by atoms with E-state index in [2.05, 4.69) is 10.1 Å². The third kappa shape index (κ3) is 1.52. The highest BCUT2D eigenvalue weighted by Crippen LogP contribution is 2.59. The van der Waals surface area contributed by atoms with Crippen molar-refractivity contribution < 1.29 is 13.2 Å². The van der Waals surface area contributed by atoms with Gasteiger partial charge in [-0.1, -0.05) is 11.3 Å². The Bertz CT molecular complexity index is 596. The van der Waals surface area contributed by atoms with Gasteiger partial charge in [0.2, 0.25) is 4.96 Å². The minimum absolute atomic E-state index is 0.142. The first-order valence-electron chi connectivity index (χ1n) is 4.94. The van der Waals surface area contributed by atoms with E-state index in [1.165, 1.54) is 4.52 Å². The number of imidazole rings is 1. The van der Waals surface area contributed by atoms with E-state index in [1.54, 1.807) is 0 Å². The standard InChI is InChI=1S/C9H7F3IN3S/c1-4-5(13)16-7(14-4)17-6(15-16)8(2-3-8)9(10,11)12/h2-3H2,1H3. The summed E-state index contributed by atoms with van der Waals surface area (Å²) in [5.41, 5.74) is -0.900. The molecule has 1 aliphatic carbocycles. The molecule has 0 saturated heterocycles. The Morgan fingerprint density at radius 2 is 2.06 bits per heavy atom. The smallest absolute Gasteiger partial charge is 0.222 e. The number of halogens is 4. The van der Waals surface area contributed by atoms with Crippen molar-refractivity contribution in [1.29, 1.82) is 0 Å². The molecule has 0 N–H and O–H groups in total. The third-order valence-corrected chi connectivity index (χ3v) is 5.36. The van der Waals surface area contributed by atoms with E-state index in [9.17, 15) is 13.2 Å². The molecule has 0 radical (unpaired) electrons. The van der Waals surface area contributed by atoms with Crippen LogP contribution in [0.2, 0.25) is 0 Å². The van der Waals surface area contributed by atoms with Crippen LogP contribution < -0.4 is 0 Å². The molecule has 0 spiro atoms. The Balaban J connectivity index is 2.14. The van der Waals surface area contributed by atoms with Gasteiger partial charge in [-0.15, -0.1) is 0 Å². The SMILES string of the molecule is Cc1nc2sc(C3(C(F)(F)F)CC3)nn2c1I. The molecule has 2 aromatic heterocycles. The van der Waals surface area contributed by atoms with Crippen LogP contribution in [0.4, 0.5) is 13.2 Å². The van der Waals surface area contributed by atoms with Crippen LogP contribution in [-0.2, 0) is 5.41 Å². The molecule has 0 atom stereocenters. The molecule has 1 fully saturated rings. The van der Waals surface area contributed by atoms with Crippen molar-refractivity contribution >= 4 is 38.9 Å². The predicted molar refractivity (Wildman–Crippen MR) is 65.3 cm³/mol. The molecule has 0 amide bonds. The largest absolute Gasteiger partial charge is 0.400 e. The second kappa shape index (κ2) is 3.34. The number of fused-ring (bicyclic) bond motifs is 1. The van der Waals surface area contributed by atoms with Crippen LogP contribution in [0.15, 0.2) is 0 Å². The summed E-state index contributed by atoms with van der Waals surface area (Å²) in [6.07, 6.45) is -3.92. The zero-order valence-electron chi connectivity index (χ0n) is 8.68. The zero-order valence-corrected chi connectivity index (χ0v) is 11.6. The van der Waals surface area contributed by atoms with E-state index in [0.29, 0.717) is 4.96 Å². The molecule has 92 valence electrons. The fourth-order valence-electron chi connectivity index (χ4n) is 1.76. The molecule has 8 heteroatoms. The first-order valence-corrected chi connectivity index (χ1v) is 6.83. The van der Waals surface area contributed by atoms with E-state index in [-0.39, 0.29) is 17.8 Å². The molecule has 1 saturated carbocycles. The highest BCUT2D eigenvalue weighted by molar-refractivity contribution is 14.1. The maximum absolute atomic E-state index is 12.9. The van der Waals surface area contributed by atoms with Crippen molar-refractivity contribution in [3.63, 3.8) is 0 Å². The summed E-state index contributed by atoms with van der Waals surface area (Å²) in [7, 11) is 0. The number of hydrogen-bond donors (Lipinski definition) is 0. The Morgan fingerprint density at radius 3 is 2.53 bits per heavy atom. The van der Waals surface area contributed by atoms with E-state index >= 15 is 0 Å². The number of nitrogens with zero attached hydrogens (tertiary/aromatic N) is 3. The fraction of sp³-hybridized carbons (Fsp3) is 0.556. The summed E-state index contributed by atoms with van der Waals surface area (Å²) < 4.78 is 41.1. The van der Waals surface area contributed by atoms with Crippen molar-refractivity contribution in [2.24, 2.45) is 0 Å². The Kier molecular flexibility index (Phi) is 2.30. The quantitative estimate of drug-likeness (QED) is 0.719. The van der Waals surface area contributed by atoms with Crippen molar-refractivity contribution in [1.82, 2.24) is 14.6 Å². The average molecular weight is 373 g/mol. The van der Waals surface area contributed by atoms with Crippen LogP contribution in [0.5, 0.6) is 0 Å². The second-order valence-electron chi connectivity index (χ2n) is 4.17. The van der Waals surface area contributed by atoms with Crippen LogP contribution in [-0.4, -0.2) is 20.8 Å². The molecule has 2 aromatic rings. The molecule has 3 nitrogen and oxygen atoms in total. The molecule has 0 unspecified atom stereocenters. The van der Waals surface area contributed by atoms with Crippen LogP contribution in [0.1, 0.15) is 23.5 Å². The summed E-state index contributed by atoms with van der Waals surface area (Å²) >= 11 is 3.09. The maximum Gasteiger partial charge on any atom is 0.400 e. The van der Waals surface area contributed by atoms with Crippen molar-refractivity contribution in [3.05, 3.63) is 14.4 Å². The molecule has 1 aliphatic rings. The number of aryl methyl sites for hydroxylation is 1. The van der Waals surface area contributed by atoms with Gasteiger partial charge in [-0.3, -0.25) is 0 Å². The number of alkyl halides is 3. The van der Waals surface area contributed by atoms with Crippen LogP contribution >= 0.6 is 33.9 Å². The minimum atomic E-state index is -4.21. The summed E-state index contributed by atoms with van der Waals surface area (Å²) in [6, 6.07) is 0. The predicted octanol–water partition coefficient (Wildman–Crippen LogP) is 3.30. The lowest BCUT2D eigenvalue weighted by atomic mass is 10.1. The van der Waals surface area contributed by atoms with Crippen molar-refractivity contribution in [3.8, 4) is 0 Å². The van der Waals surface area contributed by atoms with Gasteiger partial charge in [0.1, 0.15) is 14.1 Å². The second-order valence-corrected chi connectivity index (χ2v) is 6.15. The molecule has 0 aliphatic heterocycles. The lowest BCUT2D eigenvalue weighted by molar-refractivity contribution is -0.160. The first kappa shape index (κ1) is 11.7. The van der Waals surface area contributed by atoms with E-state index in [0.717, 1.165) is 20.7 Å². The van der Waals surface area contributed by atoms with Gasteiger partial charge < -0.3 is 0 Å². The minimum Gasteiger partial charge on any atom is -0.222 e. The van der Waals surface area contributed by atoms with Crippen molar-refractivity contribution in [2.75, 3.05) is 0 Å². The first-order chi connectivity index (χ1) is 7.85. The molecule has 0 bridgehead atoms. The van der Waals surface area contributed by atoms with Gasteiger partial charge in [-0.25, -0.2) is 4.98 Å². The van der Waals surface area contributed by atoms with Crippen molar-refractivity contribution in [2.45, 2.75) is 31.4 Å². The normalized spacial score (nSPS) is 18.9. The van der Waals surface area contributed by atoms with Crippen LogP contribution in [0.3, 0.4) is 0 Å². The lowest BCUT2D eigenvalue weighted by Crippen LogP contribution is -2.28. The van der Waals surface area contributed by atoms with Gasteiger partial charge in [0.05, 0.1) is 5.69 Å². The number of hydrogen-bond acceptors (Lipinski definition) is 3. The highest BCUT2D eigenvalue weighted by Gasteiger charge is 2.66. The van der Waals surface area contributed by atoms with Gasteiger partial charge >= 0.3 is 6.18 Å². The molecule has 17 heavy (non-hydrogen) atoms. The van der Waals surface area contributed by atoms with Gasteiger partial charge in [0.15, 0.2) is 0 Å². The molecule has 3 rings (SSSR count). The summed E-state index contributed by atoms with van der Waals surface area (Å²) in [4.78, 5) is 4.74. The lowest BCUT2D eigenvalue weighted by Gasteiger charge is -2.15. The molecule has 0 aromatic carbocycles. The van der Waals surface area contributed by atoms with Crippen LogP contribution in [0, 0.1) is 10.6 Å². The fourth-order valence-corrected chi connectivity index (χ4v) is 3.59. The van der Waals surface area contributed by atoms with E-state index in [4.69, 9.17) is 0 Å². The monoisotopic (exact) mass is 373 g/mol. The third-order valence-electron chi connectivity index (χ3n) is 3.01. The summed E-state index contributed by atoms with van der Waals surface area (Å²) in [5.74, 6) is 0. The maximum atomic E-state index is 12.9. The Labute approximate surface area is 112 Å². The zero-order chi connectivity index (χ0) is 12.4. The highest BCUT2D eigenvalue weighted by atomic mass is 127. The summed E-state index contributed by atoms with van der Waals surface area (Å²) in [5, 5.41) is 4.22. The topological polar surface area (TPSA) is 30.2 Å². The number of rotatable bonds is 1. The van der Waals surface area contributed by atoms with Crippen LogP contribution in [0.25, 0.3) is 4.96 Å². The molecule has 2 heterocycles. The van der Waals surface area contributed by atoms with E-state index in [1.807, 2.05) is 29.5 Å². The Hall–Kier alpha value is -0.380. The van der Waals surface area contributed by atoms with Gasteiger partial charge in [-0.05, 0) is 42.4 Å². The Morgan fingerprint density at radius 1 is 1.41 bits per heavy atom. The van der Waals surface area contributed by atoms with Gasteiger partial charge in [-0.2, -0.15) is 22.8 Å². The average Bonchev–Trinajstić information content (AvgIpc) is 2.88. The van der Waals surface area contributed by atoms with Gasteiger partial charge in [0.25, 0.3) is 0 Å².